The molecule has 0 aromatic carbocycles. The lowest BCUT2D eigenvalue weighted by Gasteiger charge is -2.08. The minimum Gasteiger partial charge on any atom is -0.394 e. The van der Waals surface area contributed by atoms with E-state index in [1.54, 1.807) is 11.3 Å². The van der Waals surface area contributed by atoms with Gasteiger partial charge in [-0.1, -0.05) is 38.5 Å². The van der Waals surface area contributed by atoms with Gasteiger partial charge in [-0.15, -0.1) is 11.3 Å². The summed E-state index contributed by atoms with van der Waals surface area (Å²) in [4.78, 5) is 17.9. The van der Waals surface area contributed by atoms with Crippen LogP contribution in [0, 0.1) is 0 Å². The first-order chi connectivity index (χ1) is 12.2. The van der Waals surface area contributed by atoms with Crippen LogP contribution in [0.25, 0.3) is 0 Å². The summed E-state index contributed by atoms with van der Waals surface area (Å²) in [5.74, 6) is -0.171. The van der Waals surface area contributed by atoms with Crippen molar-refractivity contribution in [1.82, 2.24) is 10.3 Å². The average molecular weight is 370 g/mol. The molecule has 1 amide bonds. The third-order valence-corrected chi connectivity index (χ3v) is 5.54. The van der Waals surface area contributed by atoms with Crippen LogP contribution in [0.5, 0.6) is 0 Å². The van der Waals surface area contributed by atoms with E-state index in [4.69, 9.17) is 5.11 Å². The van der Waals surface area contributed by atoms with Gasteiger partial charge >= 0.3 is 0 Å². The molecule has 2 rings (SSSR count). The highest BCUT2D eigenvalue weighted by Gasteiger charge is 2.14. The number of carbonyl (C=O) groups excluding carboxylic acids is 1. The van der Waals surface area contributed by atoms with E-state index in [9.17, 15) is 9.90 Å². The summed E-state index contributed by atoms with van der Waals surface area (Å²) in [6.45, 7) is -0.0204. The molecule has 142 valence electrons. The van der Waals surface area contributed by atoms with Gasteiger partial charge in [0, 0.05) is 11.4 Å². The Labute approximate surface area is 154 Å². The Hall–Kier alpha value is -1.02. The van der Waals surface area contributed by atoms with Crippen molar-refractivity contribution < 1.29 is 15.0 Å². The highest BCUT2D eigenvalue weighted by Crippen LogP contribution is 2.27. The Morgan fingerprint density at radius 3 is 2.40 bits per heavy atom. The fourth-order valence-corrected chi connectivity index (χ4v) is 4.11. The number of nitrogens with zero attached hydrogens (tertiary/aromatic N) is 1. The zero-order valence-electron chi connectivity index (χ0n) is 14.9. The zero-order chi connectivity index (χ0) is 17.9. The molecule has 1 aromatic rings. The van der Waals surface area contributed by atoms with Crippen molar-refractivity contribution >= 4 is 22.4 Å². The van der Waals surface area contributed by atoms with E-state index < -0.39 is 6.10 Å². The van der Waals surface area contributed by atoms with E-state index >= 15 is 0 Å². The minimum absolute atomic E-state index is 0.0985. The molecule has 4 N–H and O–H groups in total. The zero-order valence-corrected chi connectivity index (χ0v) is 15.7. The molecule has 25 heavy (non-hydrogen) atoms. The molecule has 0 radical (unpaired) electrons. The first kappa shape index (κ1) is 20.3. The van der Waals surface area contributed by atoms with Gasteiger partial charge in [0.05, 0.1) is 24.9 Å². The first-order valence-corrected chi connectivity index (χ1v) is 10.3. The van der Waals surface area contributed by atoms with Crippen molar-refractivity contribution in [3.05, 3.63) is 10.6 Å². The number of nitrogens with one attached hydrogen (secondary N) is 2. The van der Waals surface area contributed by atoms with Crippen molar-refractivity contribution in [3.63, 3.8) is 0 Å². The minimum atomic E-state index is -0.839. The standard InChI is InChI=1S/C18H31N3O3S/c22-13-14(23)11-19-12-17(24)21-18-20-15-9-7-5-3-1-2-4-6-8-10-16(15)25-18/h14,19,22-23H,1-13H2,(H,20,21,24). The Kier molecular flexibility index (Phi) is 9.39. The number of aryl methyl sites for hydroxylation is 2. The normalized spacial score (nSPS) is 17.8. The largest absolute Gasteiger partial charge is 0.394 e. The third-order valence-electron chi connectivity index (χ3n) is 4.47. The monoisotopic (exact) mass is 369 g/mol. The fraction of sp³-hybridized carbons (Fsp3) is 0.778. The number of carbonyl (C=O) groups is 1. The average Bonchev–Trinajstić information content (AvgIpc) is 2.96. The number of thiazole rings is 1. The molecule has 1 aliphatic carbocycles. The van der Waals surface area contributed by atoms with E-state index in [2.05, 4.69) is 15.6 Å². The van der Waals surface area contributed by atoms with E-state index in [1.807, 2.05) is 0 Å². The maximum atomic E-state index is 12.0. The van der Waals surface area contributed by atoms with Crippen LogP contribution >= 0.6 is 11.3 Å². The van der Waals surface area contributed by atoms with Gasteiger partial charge in [0.2, 0.25) is 5.91 Å². The van der Waals surface area contributed by atoms with Crippen LogP contribution in [0.15, 0.2) is 0 Å². The SMILES string of the molecule is O=C(CNCC(O)CO)Nc1nc2c(s1)CCCCCCCCCC2. The van der Waals surface area contributed by atoms with Gasteiger partial charge in [-0.3, -0.25) is 4.79 Å². The van der Waals surface area contributed by atoms with Crippen LogP contribution in [-0.2, 0) is 17.6 Å². The lowest BCUT2D eigenvalue weighted by molar-refractivity contribution is -0.115. The van der Waals surface area contributed by atoms with Crippen LogP contribution in [0.4, 0.5) is 5.13 Å². The van der Waals surface area contributed by atoms with E-state index in [1.165, 1.54) is 56.2 Å². The molecular formula is C18H31N3O3S. The van der Waals surface area contributed by atoms with Gasteiger partial charge in [-0.05, 0) is 25.7 Å². The van der Waals surface area contributed by atoms with Crippen molar-refractivity contribution in [2.24, 2.45) is 0 Å². The van der Waals surface area contributed by atoms with Crippen LogP contribution < -0.4 is 10.6 Å². The predicted molar refractivity (Wildman–Crippen MR) is 101 cm³/mol. The van der Waals surface area contributed by atoms with Gasteiger partial charge in [0.15, 0.2) is 5.13 Å². The summed E-state index contributed by atoms with van der Waals surface area (Å²) < 4.78 is 0. The Balaban J connectivity index is 1.86. The highest BCUT2D eigenvalue weighted by molar-refractivity contribution is 7.15. The third kappa shape index (κ3) is 7.81. The number of amides is 1. The second-order valence-electron chi connectivity index (χ2n) is 6.73. The molecule has 0 saturated heterocycles. The van der Waals surface area contributed by atoms with Crippen molar-refractivity contribution in [1.29, 1.82) is 0 Å². The molecule has 0 saturated carbocycles. The molecule has 0 spiro atoms. The maximum absolute atomic E-state index is 12.0. The van der Waals surface area contributed by atoms with Gasteiger partial charge in [0.25, 0.3) is 0 Å². The highest BCUT2D eigenvalue weighted by atomic mass is 32.1. The molecule has 1 heterocycles. The van der Waals surface area contributed by atoms with Gasteiger partial charge in [-0.2, -0.15) is 0 Å². The topological polar surface area (TPSA) is 94.5 Å². The molecule has 1 unspecified atom stereocenters. The van der Waals surface area contributed by atoms with E-state index in [0.29, 0.717) is 5.13 Å². The number of hydrogen-bond acceptors (Lipinski definition) is 6. The molecule has 1 aliphatic rings. The van der Waals surface area contributed by atoms with Gasteiger partial charge < -0.3 is 20.8 Å². The number of aliphatic hydroxyl groups excluding tert-OH is 2. The summed E-state index contributed by atoms with van der Waals surface area (Å²) in [5.41, 5.74) is 1.16. The number of rotatable bonds is 6. The van der Waals surface area contributed by atoms with Crippen molar-refractivity contribution in [2.45, 2.75) is 70.3 Å². The molecule has 0 bridgehead atoms. The second-order valence-corrected chi connectivity index (χ2v) is 7.82. The summed E-state index contributed by atoms with van der Waals surface area (Å²) >= 11 is 1.60. The Bertz CT molecular complexity index is 492. The number of hydrogen-bond donors (Lipinski definition) is 4. The number of fused-ring (bicyclic) bond motifs is 1. The first-order valence-electron chi connectivity index (χ1n) is 9.47. The predicted octanol–water partition coefficient (Wildman–Crippen LogP) is 2.24. The molecule has 1 atom stereocenters. The van der Waals surface area contributed by atoms with E-state index in [0.717, 1.165) is 18.5 Å². The van der Waals surface area contributed by atoms with Crippen LogP contribution in [0.1, 0.15) is 61.9 Å². The summed E-state index contributed by atoms with van der Waals surface area (Å²) in [5, 5.41) is 24.4. The van der Waals surface area contributed by atoms with Crippen LogP contribution in [-0.4, -0.2) is 46.9 Å². The van der Waals surface area contributed by atoms with Gasteiger partial charge in [0.1, 0.15) is 0 Å². The smallest absolute Gasteiger partial charge is 0.240 e. The van der Waals surface area contributed by atoms with Crippen molar-refractivity contribution in [3.8, 4) is 0 Å². The van der Waals surface area contributed by atoms with Crippen LogP contribution in [0.3, 0.4) is 0 Å². The summed E-state index contributed by atoms with van der Waals surface area (Å²) in [7, 11) is 0. The molecule has 6 nitrogen and oxygen atoms in total. The van der Waals surface area contributed by atoms with Crippen molar-refractivity contribution in [2.75, 3.05) is 25.0 Å². The number of aromatic nitrogens is 1. The molecular weight excluding hydrogens is 338 g/mol. The Morgan fingerprint density at radius 1 is 1.08 bits per heavy atom. The Morgan fingerprint density at radius 2 is 1.72 bits per heavy atom. The van der Waals surface area contributed by atoms with E-state index in [-0.39, 0.29) is 25.6 Å². The molecule has 0 fully saturated rings. The second kappa shape index (κ2) is 11.6. The fourth-order valence-electron chi connectivity index (χ4n) is 3.05. The quantitative estimate of drug-likeness (QED) is 0.617. The maximum Gasteiger partial charge on any atom is 0.240 e. The number of aliphatic hydroxyl groups is 2. The molecule has 0 aliphatic heterocycles. The lowest BCUT2D eigenvalue weighted by atomic mass is 10.0. The molecule has 7 heteroatoms. The van der Waals surface area contributed by atoms with Gasteiger partial charge in [-0.25, -0.2) is 4.98 Å². The molecule has 1 aromatic heterocycles. The number of anilines is 1. The van der Waals surface area contributed by atoms with Crippen LogP contribution in [0.2, 0.25) is 0 Å². The summed E-state index contributed by atoms with van der Waals surface area (Å²) in [6.07, 6.45) is 11.5. The summed E-state index contributed by atoms with van der Waals surface area (Å²) in [6, 6.07) is 0. The lowest BCUT2D eigenvalue weighted by Crippen LogP contribution is -2.35.